The molecular weight excluding hydrogens is 284 g/mol. The number of hydrogen-bond acceptors (Lipinski definition) is 5. The highest BCUT2D eigenvalue weighted by Crippen LogP contribution is 2.38. The number of ketones is 1. The maximum atomic E-state index is 12.6. The molecule has 0 atom stereocenters. The van der Waals surface area contributed by atoms with E-state index in [4.69, 9.17) is 14.2 Å². The van der Waals surface area contributed by atoms with Crippen LogP contribution in [0.15, 0.2) is 30.0 Å². The van der Waals surface area contributed by atoms with E-state index in [-0.39, 0.29) is 5.78 Å². The molecule has 0 amide bonds. The number of aromatic amines is 1. The van der Waals surface area contributed by atoms with Crippen molar-refractivity contribution in [3.8, 4) is 17.2 Å². The lowest BCUT2D eigenvalue weighted by Gasteiger charge is -2.13. The number of H-pyrrole nitrogens is 1. The average Bonchev–Trinajstić information content (AvgIpc) is 3.05. The van der Waals surface area contributed by atoms with Crippen LogP contribution in [0.4, 0.5) is 0 Å². The Kier molecular flexibility index (Phi) is 4.83. The van der Waals surface area contributed by atoms with Crippen LogP contribution in [0.25, 0.3) is 6.08 Å². The number of methoxy groups -OCH3 is 3. The van der Waals surface area contributed by atoms with E-state index in [0.717, 1.165) is 5.69 Å². The van der Waals surface area contributed by atoms with Crippen LogP contribution in [-0.4, -0.2) is 37.3 Å². The number of rotatable bonds is 6. The first-order valence-corrected chi connectivity index (χ1v) is 6.63. The minimum Gasteiger partial charge on any atom is -0.493 e. The van der Waals surface area contributed by atoms with Crippen molar-refractivity contribution in [3.05, 3.63) is 41.2 Å². The van der Waals surface area contributed by atoms with Gasteiger partial charge in [0.1, 0.15) is 0 Å². The maximum absolute atomic E-state index is 12.6. The van der Waals surface area contributed by atoms with Gasteiger partial charge in [-0.1, -0.05) is 0 Å². The average molecular weight is 302 g/mol. The van der Waals surface area contributed by atoms with E-state index in [1.54, 1.807) is 37.4 Å². The Hall–Kier alpha value is -2.76. The second kappa shape index (κ2) is 6.80. The Bertz CT molecular complexity index is 665. The molecule has 0 unspecified atom stereocenters. The second-order valence-corrected chi connectivity index (χ2v) is 4.58. The van der Waals surface area contributed by atoms with Gasteiger partial charge in [-0.3, -0.25) is 9.89 Å². The van der Waals surface area contributed by atoms with Crippen molar-refractivity contribution >= 4 is 11.9 Å². The Balaban J connectivity index is 2.41. The zero-order chi connectivity index (χ0) is 16.1. The number of nitrogens with zero attached hydrogens (tertiary/aromatic N) is 1. The SMILES string of the molecule is COc1cc(C(=O)/C(C)=C/c2ccn[nH]2)cc(OC)c1OC. The molecule has 1 N–H and O–H groups in total. The van der Waals surface area contributed by atoms with Gasteiger partial charge < -0.3 is 14.2 Å². The fraction of sp³-hybridized carbons (Fsp3) is 0.250. The van der Waals surface area contributed by atoms with Gasteiger partial charge >= 0.3 is 0 Å². The highest BCUT2D eigenvalue weighted by Gasteiger charge is 2.17. The normalized spacial score (nSPS) is 11.2. The summed E-state index contributed by atoms with van der Waals surface area (Å²) in [6.07, 6.45) is 3.36. The van der Waals surface area contributed by atoms with Crippen molar-refractivity contribution in [2.75, 3.05) is 21.3 Å². The quantitative estimate of drug-likeness (QED) is 0.656. The van der Waals surface area contributed by atoms with Gasteiger partial charge in [-0.2, -0.15) is 5.10 Å². The third kappa shape index (κ3) is 3.11. The lowest BCUT2D eigenvalue weighted by Crippen LogP contribution is -2.04. The molecule has 1 heterocycles. The van der Waals surface area contributed by atoms with Crippen LogP contribution in [0.1, 0.15) is 23.0 Å². The van der Waals surface area contributed by atoms with Gasteiger partial charge in [-0.05, 0) is 36.8 Å². The number of ether oxygens (including phenoxy) is 3. The highest BCUT2D eigenvalue weighted by molar-refractivity contribution is 6.11. The van der Waals surface area contributed by atoms with E-state index >= 15 is 0 Å². The van der Waals surface area contributed by atoms with Crippen LogP contribution in [0.2, 0.25) is 0 Å². The molecule has 6 nitrogen and oxygen atoms in total. The molecule has 1 aromatic heterocycles. The Morgan fingerprint density at radius 2 is 1.77 bits per heavy atom. The molecule has 0 radical (unpaired) electrons. The number of carbonyl (C=O) groups excluding carboxylic acids is 1. The molecule has 0 saturated carbocycles. The summed E-state index contributed by atoms with van der Waals surface area (Å²) in [6, 6.07) is 5.05. The highest BCUT2D eigenvalue weighted by atomic mass is 16.5. The molecule has 22 heavy (non-hydrogen) atoms. The lowest BCUT2D eigenvalue weighted by atomic mass is 10.0. The predicted molar refractivity (Wildman–Crippen MR) is 82.7 cm³/mol. The van der Waals surface area contributed by atoms with Gasteiger partial charge in [0.2, 0.25) is 5.75 Å². The molecule has 0 aliphatic carbocycles. The summed E-state index contributed by atoms with van der Waals surface area (Å²) in [5, 5.41) is 6.64. The minimum atomic E-state index is -0.131. The first-order chi connectivity index (χ1) is 10.6. The van der Waals surface area contributed by atoms with Crippen LogP contribution < -0.4 is 14.2 Å². The fourth-order valence-electron chi connectivity index (χ4n) is 2.09. The van der Waals surface area contributed by atoms with E-state index in [0.29, 0.717) is 28.4 Å². The summed E-state index contributed by atoms with van der Waals surface area (Å²) in [5.74, 6) is 1.21. The Morgan fingerprint density at radius 3 is 2.23 bits per heavy atom. The van der Waals surface area contributed by atoms with Gasteiger partial charge in [0.05, 0.1) is 27.0 Å². The number of nitrogens with one attached hydrogen (secondary N) is 1. The van der Waals surface area contributed by atoms with E-state index < -0.39 is 0 Å². The Labute approximate surface area is 128 Å². The zero-order valence-electron chi connectivity index (χ0n) is 13.0. The monoisotopic (exact) mass is 302 g/mol. The minimum absolute atomic E-state index is 0.131. The van der Waals surface area contributed by atoms with Crippen molar-refractivity contribution in [1.82, 2.24) is 10.2 Å². The van der Waals surface area contributed by atoms with Crippen molar-refractivity contribution in [3.63, 3.8) is 0 Å². The summed E-state index contributed by atoms with van der Waals surface area (Å²) >= 11 is 0. The first kappa shape index (κ1) is 15.6. The molecule has 1 aromatic carbocycles. The molecule has 0 bridgehead atoms. The van der Waals surface area contributed by atoms with Crippen molar-refractivity contribution < 1.29 is 19.0 Å². The number of hydrogen-bond donors (Lipinski definition) is 1. The van der Waals surface area contributed by atoms with Gasteiger partial charge in [0, 0.05) is 11.8 Å². The molecule has 2 rings (SSSR count). The van der Waals surface area contributed by atoms with Crippen molar-refractivity contribution in [2.45, 2.75) is 6.92 Å². The third-order valence-corrected chi connectivity index (χ3v) is 3.18. The van der Waals surface area contributed by atoms with Crippen LogP contribution in [0.5, 0.6) is 17.2 Å². The summed E-state index contributed by atoms with van der Waals surface area (Å²) in [6.45, 7) is 1.74. The van der Waals surface area contributed by atoms with E-state index in [1.165, 1.54) is 21.3 Å². The van der Waals surface area contributed by atoms with Gasteiger partial charge in [-0.25, -0.2) is 0 Å². The summed E-state index contributed by atoms with van der Waals surface area (Å²) < 4.78 is 15.8. The summed E-state index contributed by atoms with van der Waals surface area (Å²) in [5.41, 5.74) is 1.79. The van der Waals surface area contributed by atoms with E-state index in [2.05, 4.69) is 10.2 Å². The topological polar surface area (TPSA) is 73.4 Å². The predicted octanol–water partition coefficient (Wildman–Crippen LogP) is 2.72. The molecule has 0 aliphatic heterocycles. The van der Waals surface area contributed by atoms with Crippen LogP contribution in [-0.2, 0) is 0 Å². The number of aromatic nitrogens is 2. The van der Waals surface area contributed by atoms with Crippen molar-refractivity contribution in [2.24, 2.45) is 0 Å². The standard InChI is InChI=1S/C16H18N2O4/c1-10(7-12-5-6-17-18-12)15(19)11-8-13(20-2)16(22-4)14(9-11)21-3/h5-9H,1-4H3,(H,17,18)/b10-7+. The molecule has 0 aliphatic rings. The Morgan fingerprint density at radius 1 is 1.14 bits per heavy atom. The number of allylic oxidation sites excluding steroid dienone is 1. The second-order valence-electron chi connectivity index (χ2n) is 4.58. The van der Waals surface area contributed by atoms with Crippen LogP contribution in [0, 0.1) is 0 Å². The summed E-state index contributed by atoms with van der Waals surface area (Å²) in [4.78, 5) is 12.6. The molecule has 0 saturated heterocycles. The van der Waals surface area contributed by atoms with Gasteiger partial charge in [0.25, 0.3) is 0 Å². The lowest BCUT2D eigenvalue weighted by molar-refractivity contribution is 0.103. The summed E-state index contributed by atoms with van der Waals surface area (Å²) in [7, 11) is 4.54. The molecule has 6 heteroatoms. The molecule has 0 fully saturated rings. The largest absolute Gasteiger partial charge is 0.493 e. The van der Waals surface area contributed by atoms with Crippen LogP contribution in [0.3, 0.4) is 0 Å². The number of carbonyl (C=O) groups is 1. The maximum Gasteiger partial charge on any atom is 0.203 e. The van der Waals surface area contributed by atoms with Crippen LogP contribution >= 0.6 is 0 Å². The molecular formula is C16H18N2O4. The smallest absolute Gasteiger partial charge is 0.203 e. The first-order valence-electron chi connectivity index (χ1n) is 6.63. The molecule has 0 spiro atoms. The molecule has 116 valence electrons. The van der Waals surface area contributed by atoms with E-state index in [1.807, 2.05) is 0 Å². The van der Waals surface area contributed by atoms with Gasteiger partial charge in [0.15, 0.2) is 17.3 Å². The third-order valence-electron chi connectivity index (χ3n) is 3.18. The van der Waals surface area contributed by atoms with Gasteiger partial charge in [-0.15, -0.1) is 0 Å². The number of Topliss-reactive ketones (excluding diaryl/α,β-unsaturated/α-hetero) is 1. The van der Waals surface area contributed by atoms with Crippen molar-refractivity contribution in [1.29, 1.82) is 0 Å². The fourth-order valence-corrected chi connectivity index (χ4v) is 2.09. The molecule has 2 aromatic rings. The number of benzene rings is 1. The van der Waals surface area contributed by atoms with E-state index in [9.17, 15) is 4.79 Å². The zero-order valence-corrected chi connectivity index (χ0v) is 13.0.